The number of aromatic nitrogens is 1. The van der Waals surface area contributed by atoms with Gasteiger partial charge in [-0.05, 0) is 26.2 Å². The molecule has 7 heteroatoms. The van der Waals surface area contributed by atoms with Crippen LogP contribution in [0.15, 0.2) is 6.20 Å². The van der Waals surface area contributed by atoms with E-state index in [2.05, 4.69) is 4.98 Å². The van der Waals surface area contributed by atoms with Gasteiger partial charge in [0.15, 0.2) is 5.01 Å². The van der Waals surface area contributed by atoms with Crippen molar-refractivity contribution in [2.24, 2.45) is 0 Å². The highest BCUT2D eigenvalue weighted by molar-refractivity contribution is 7.11. The molecule has 0 bridgehead atoms. The third kappa shape index (κ3) is 5.32. The minimum atomic E-state index is -4.39. The smallest absolute Gasteiger partial charge is 0.373 e. The summed E-state index contributed by atoms with van der Waals surface area (Å²) in [4.78, 5) is 3.77. The minimum Gasteiger partial charge on any atom is -0.373 e. The first-order valence-electron chi connectivity index (χ1n) is 5.65. The number of nitrogens with zero attached hydrogens (tertiary/aromatic N) is 1. The lowest BCUT2D eigenvalue weighted by Gasteiger charge is -2.11. The number of alkyl halides is 3. The molecule has 0 N–H and O–H groups in total. The molecule has 0 aliphatic heterocycles. The predicted octanol–water partition coefficient (Wildman–Crippen LogP) is 3.67. The molecular formula is C11H15F3NO2S. The Hall–Kier alpha value is -0.660. The van der Waals surface area contributed by atoms with Crippen LogP contribution in [0.2, 0.25) is 0 Å². The maximum atomic E-state index is 12.3. The molecule has 1 unspecified atom stereocenters. The van der Waals surface area contributed by atoms with Crippen LogP contribution >= 0.6 is 11.3 Å². The fraction of sp³-hybridized carbons (Fsp3) is 0.727. The summed E-state index contributed by atoms with van der Waals surface area (Å²) in [6.07, 6.45) is -1.13. The zero-order chi connectivity index (χ0) is 13.6. The van der Waals surface area contributed by atoms with Crippen LogP contribution < -0.4 is 0 Å². The summed E-state index contributed by atoms with van der Waals surface area (Å²) in [5.74, 6) is 0. The summed E-state index contributed by atoms with van der Waals surface area (Å²) >= 11 is 0.599. The summed E-state index contributed by atoms with van der Waals surface area (Å²) in [5.41, 5.74) is 0. The molecule has 1 aromatic heterocycles. The number of halogens is 3. The Balaban J connectivity index is 2.33. The van der Waals surface area contributed by atoms with Crippen LogP contribution in [0.1, 0.15) is 36.1 Å². The maximum absolute atomic E-state index is 12.3. The highest BCUT2D eigenvalue weighted by Gasteiger charge is 2.34. The van der Waals surface area contributed by atoms with Crippen molar-refractivity contribution in [2.75, 3.05) is 6.61 Å². The highest BCUT2D eigenvalue weighted by Crippen LogP contribution is 2.32. The molecule has 1 heterocycles. The summed E-state index contributed by atoms with van der Waals surface area (Å²) < 4.78 is 42.3. The maximum Gasteiger partial charge on any atom is 0.443 e. The first kappa shape index (κ1) is 15.4. The van der Waals surface area contributed by atoms with Gasteiger partial charge in [-0.15, -0.1) is 11.3 Å². The Morgan fingerprint density at radius 3 is 2.72 bits per heavy atom. The Kier molecular flexibility index (Phi) is 6.04. The van der Waals surface area contributed by atoms with Crippen molar-refractivity contribution in [1.82, 2.24) is 4.98 Å². The third-order valence-corrected chi connectivity index (χ3v) is 3.33. The van der Waals surface area contributed by atoms with Gasteiger partial charge in [-0.3, -0.25) is 0 Å². The normalized spacial score (nSPS) is 13.8. The van der Waals surface area contributed by atoms with Gasteiger partial charge >= 0.3 is 6.18 Å². The molecular weight excluding hydrogens is 267 g/mol. The highest BCUT2D eigenvalue weighted by atomic mass is 32.1. The third-order valence-electron chi connectivity index (χ3n) is 2.31. The lowest BCUT2D eigenvalue weighted by molar-refractivity contribution is -0.137. The first-order chi connectivity index (χ1) is 8.43. The molecule has 18 heavy (non-hydrogen) atoms. The average molecular weight is 282 g/mol. The van der Waals surface area contributed by atoms with Gasteiger partial charge in [-0.2, -0.15) is 13.2 Å². The van der Waals surface area contributed by atoms with Crippen LogP contribution in [0.3, 0.4) is 0 Å². The van der Waals surface area contributed by atoms with E-state index in [9.17, 15) is 18.3 Å². The van der Waals surface area contributed by atoms with Gasteiger partial charge < -0.3 is 4.74 Å². The summed E-state index contributed by atoms with van der Waals surface area (Å²) in [5, 5.41) is 9.39. The molecule has 103 valence electrons. The van der Waals surface area contributed by atoms with Crippen LogP contribution in [-0.4, -0.2) is 17.7 Å². The molecule has 3 nitrogen and oxygen atoms in total. The molecule has 0 fully saturated rings. The molecule has 1 aromatic rings. The molecule has 1 rings (SSSR count). The number of rotatable bonds is 7. The molecule has 1 atom stereocenters. The zero-order valence-electron chi connectivity index (χ0n) is 10.00. The molecule has 1 radical (unpaired) electrons. The van der Waals surface area contributed by atoms with Gasteiger partial charge in [-0.1, -0.05) is 0 Å². The lowest BCUT2D eigenvalue weighted by atomic mass is 10.2. The SMILES string of the molecule is CC(CCCC[O])OCc1cnc(C(F)(F)F)s1. The van der Waals surface area contributed by atoms with E-state index >= 15 is 0 Å². The molecule has 0 aliphatic rings. The Morgan fingerprint density at radius 2 is 2.17 bits per heavy atom. The van der Waals surface area contributed by atoms with Crippen molar-refractivity contribution in [3.63, 3.8) is 0 Å². The van der Waals surface area contributed by atoms with E-state index in [0.717, 1.165) is 12.8 Å². The standard InChI is InChI=1S/C11H15F3NO2S/c1-8(4-2-3-5-16)17-7-9-6-15-10(18-9)11(12,13)14/h6,8H,2-5,7H2,1H3. The van der Waals surface area contributed by atoms with Crippen LogP contribution in [0.5, 0.6) is 0 Å². The number of hydrogen-bond acceptors (Lipinski definition) is 3. The van der Waals surface area contributed by atoms with E-state index in [1.54, 1.807) is 0 Å². The van der Waals surface area contributed by atoms with Crippen molar-refractivity contribution in [2.45, 2.75) is 45.1 Å². The largest absolute Gasteiger partial charge is 0.443 e. The van der Waals surface area contributed by atoms with Gasteiger partial charge in [0, 0.05) is 6.20 Å². The lowest BCUT2D eigenvalue weighted by Crippen LogP contribution is -2.07. The van der Waals surface area contributed by atoms with E-state index in [1.807, 2.05) is 6.92 Å². The van der Waals surface area contributed by atoms with E-state index < -0.39 is 11.2 Å². The van der Waals surface area contributed by atoms with E-state index in [4.69, 9.17) is 4.74 Å². The monoisotopic (exact) mass is 282 g/mol. The average Bonchev–Trinajstić information content (AvgIpc) is 2.75. The van der Waals surface area contributed by atoms with Gasteiger partial charge in [-0.25, -0.2) is 10.1 Å². The molecule has 0 amide bonds. The summed E-state index contributed by atoms with van der Waals surface area (Å²) in [6.45, 7) is 1.87. The summed E-state index contributed by atoms with van der Waals surface area (Å²) in [6, 6.07) is 0. The number of thiazole rings is 1. The predicted molar refractivity (Wildman–Crippen MR) is 60.8 cm³/mol. The second-order valence-corrected chi connectivity index (χ2v) is 5.07. The van der Waals surface area contributed by atoms with Crippen LogP contribution in [0.4, 0.5) is 13.2 Å². The molecule has 0 aromatic carbocycles. The zero-order valence-corrected chi connectivity index (χ0v) is 10.8. The van der Waals surface area contributed by atoms with Crippen molar-refractivity contribution in [3.05, 3.63) is 16.1 Å². The van der Waals surface area contributed by atoms with Crippen molar-refractivity contribution < 1.29 is 23.0 Å². The summed E-state index contributed by atoms with van der Waals surface area (Å²) in [7, 11) is 0. The Bertz CT molecular complexity index is 354. The first-order valence-corrected chi connectivity index (χ1v) is 6.46. The molecule has 0 aliphatic carbocycles. The van der Waals surface area contributed by atoms with Crippen LogP contribution in [0, 0.1) is 0 Å². The topological polar surface area (TPSA) is 42.0 Å². The van der Waals surface area contributed by atoms with Crippen LogP contribution in [0.25, 0.3) is 0 Å². The quantitative estimate of drug-likeness (QED) is 0.716. The van der Waals surface area contributed by atoms with Gasteiger partial charge in [0.2, 0.25) is 0 Å². The number of hydrogen-bond donors (Lipinski definition) is 0. The van der Waals surface area contributed by atoms with E-state index in [1.165, 1.54) is 6.20 Å². The fourth-order valence-corrected chi connectivity index (χ4v) is 2.05. The second kappa shape index (κ2) is 7.06. The van der Waals surface area contributed by atoms with Crippen molar-refractivity contribution in [3.8, 4) is 0 Å². The Labute approximate surface area is 108 Å². The second-order valence-electron chi connectivity index (χ2n) is 3.95. The van der Waals surface area contributed by atoms with E-state index in [0.29, 0.717) is 22.6 Å². The number of ether oxygens (including phenoxy) is 1. The van der Waals surface area contributed by atoms with E-state index in [-0.39, 0.29) is 19.3 Å². The van der Waals surface area contributed by atoms with Gasteiger partial charge in [0.05, 0.1) is 24.2 Å². The van der Waals surface area contributed by atoms with Crippen molar-refractivity contribution in [1.29, 1.82) is 0 Å². The van der Waals surface area contributed by atoms with Crippen LogP contribution in [-0.2, 0) is 22.6 Å². The van der Waals surface area contributed by atoms with Gasteiger partial charge in [0.1, 0.15) is 0 Å². The fourth-order valence-electron chi connectivity index (χ4n) is 1.35. The number of unbranched alkanes of at least 4 members (excludes halogenated alkanes) is 1. The minimum absolute atomic E-state index is 0.0620. The molecule has 0 saturated heterocycles. The molecule has 0 spiro atoms. The molecule has 0 saturated carbocycles. The van der Waals surface area contributed by atoms with Gasteiger partial charge in [0.25, 0.3) is 0 Å². The Morgan fingerprint density at radius 1 is 1.44 bits per heavy atom. The van der Waals surface area contributed by atoms with Crippen molar-refractivity contribution >= 4 is 11.3 Å².